The zero-order valence-corrected chi connectivity index (χ0v) is 14.6. The number of hydrogen-bond donors (Lipinski definition) is 1. The number of hydrogen-bond acceptors (Lipinski definition) is 3. The van der Waals surface area contributed by atoms with Crippen LogP contribution in [0, 0.1) is 13.8 Å². The molecule has 1 heterocycles. The van der Waals surface area contributed by atoms with E-state index in [0.29, 0.717) is 0 Å². The number of pyridine rings is 1. The van der Waals surface area contributed by atoms with Gasteiger partial charge in [-0.1, -0.05) is 11.6 Å². The van der Waals surface area contributed by atoms with Gasteiger partial charge in [-0.3, -0.25) is 4.98 Å². The molecule has 0 atom stereocenters. The predicted octanol–water partition coefficient (Wildman–Crippen LogP) is 3.97. The fourth-order valence-electron chi connectivity index (χ4n) is 2.35. The number of allylic oxidation sites excluding steroid dienone is 1. The zero-order chi connectivity index (χ0) is 16.0. The van der Waals surface area contributed by atoms with Crippen molar-refractivity contribution >= 4 is 0 Å². The molecule has 0 aromatic carbocycles. The largest absolute Gasteiger partial charge is 0.496 e. The standard InChI is InChI=1S/C18H30N2O/c1-13(9-8-10-20-18(4,5)6)11-16-15(3)17(21-7)14(2)12-19-16/h9,12,20H,8,10-11H2,1-7H3. The molecule has 1 N–H and O–H groups in total. The second-order valence-corrected chi connectivity index (χ2v) is 6.74. The molecule has 1 aromatic heterocycles. The van der Waals surface area contributed by atoms with Crippen LogP contribution in [-0.2, 0) is 6.42 Å². The van der Waals surface area contributed by atoms with Gasteiger partial charge in [-0.05, 0) is 54.5 Å². The zero-order valence-electron chi connectivity index (χ0n) is 14.6. The van der Waals surface area contributed by atoms with E-state index in [2.05, 4.69) is 51.0 Å². The van der Waals surface area contributed by atoms with Crippen molar-refractivity contribution in [1.29, 1.82) is 0 Å². The summed E-state index contributed by atoms with van der Waals surface area (Å²) in [6.45, 7) is 13.9. The summed E-state index contributed by atoms with van der Waals surface area (Å²) in [7, 11) is 1.72. The maximum atomic E-state index is 5.46. The Balaban J connectivity index is 2.64. The predicted molar refractivity (Wildman–Crippen MR) is 90.1 cm³/mol. The third-order valence-electron chi connectivity index (χ3n) is 3.49. The molecule has 0 bridgehead atoms. The van der Waals surface area contributed by atoms with Crippen molar-refractivity contribution in [1.82, 2.24) is 10.3 Å². The molecule has 1 aromatic rings. The highest BCUT2D eigenvalue weighted by atomic mass is 16.5. The third kappa shape index (κ3) is 5.88. The number of aromatic nitrogens is 1. The lowest BCUT2D eigenvalue weighted by Gasteiger charge is -2.19. The molecule has 0 aliphatic rings. The molecule has 0 saturated heterocycles. The van der Waals surface area contributed by atoms with Crippen LogP contribution in [0.15, 0.2) is 17.8 Å². The van der Waals surface area contributed by atoms with Crippen molar-refractivity contribution in [2.24, 2.45) is 0 Å². The molecule has 0 radical (unpaired) electrons. The molecule has 118 valence electrons. The van der Waals surface area contributed by atoms with Crippen LogP contribution in [0.2, 0.25) is 0 Å². The molecule has 21 heavy (non-hydrogen) atoms. The first-order valence-electron chi connectivity index (χ1n) is 7.64. The van der Waals surface area contributed by atoms with Gasteiger partial charge in [0.05, 0.1) is 12.8 Å². The van der Waals surface area contributed by atoms with Gasteiger partial charge in [-0.15, -0.1) is 0 Å². The highest BCUT2D eigenvalue weighted by molar-refractivity contribution is 5.42. The minimum absolute atomic E-state index is 0.185. The van der Waals surface area contributed by atoms with E-state index in [1.54, 1.807) is 7.11 Å². The Kier molecular flexibility index (Phi) is 6.41. The first-order valence-corrected chi connectivity index (χ1v) is 7.64. The number of rotatable bonds is 6. The molecule has 0 amide bonds. The van der Waals surface area contributed by atoms with E-state index in [4.69, 9.17) is 4.74 Å². The maximum absolute atomic E-state index is 5.46. The van der Waals surface area contributed by atoms with Crippen LogP contribution < -0.4 is 10.1 Å². The van der Waals surface area contributed by atoms with Gasteiger partial charge >= 0.3 is 0 Å². The van der Waals surface area contributed by atoms with Crippen molar-refractivity contribution in [3.63, 3.8) is 0 Å². The fraction of sp³-hybridized carbons (Fsp3) is 0.611. The van der Waals surface area contributed by atoms with Gasteiger partial charge in [-0.25, -0.2) is 0 Å². The quantitative estimate of drug-likeness (QED) is 0.636. The Labute approximate surface area is 129 Å². The maximum Gasteiger partial charge on any atom is 0.128 e. The number of nitrogens with one attached hydrogen (secondary N) is 1. The first kappa shape index (κ1) is 17.7. The van der Waals surface area contributed by atoms with E-state index in [-0.39, 0.29) is 5.54 Å². The Morgan fingerprint density at radius 2 is 2.00 bits per heavy atom. The molecule has 0 spiro atoms. The van der Waals surface area contributed by atoms with Crippen molar-refractivity contribution in [3.05, 3.63) is 34.7 Å². The third-order valence-corrected chi connectivity index (χ3v) is 3.49. The van der Waals surface area contributed by atoms with Gasteiger partial charge in [0, 0.05) is 29.3 Å². The van der Waals surface area contributed by atoms with E-state index < -0.39 is 0 Å². The lowest BCUT2D eigenvalue weighted by Crippen LogP contribution is -2.36. The lowest BCUT2D eigenvalue weighted by atomic mass is 10.0. The van der Waals surface area contributed by atoms with Gasteiger partial charge in [0.1, 0.15) is 5.75 Å². The highest BCUT2D eigenvalue weighted by Crippen LogP contribution is 2.25. The van der Waals surface area contributed by atoms with Crippen LogP contribution in [0.5, 0.6) is 5.75 Å². The van der Waals surface area contributed by atoms with Crippen LogP contribution >= 0.6 is 0 Å². The molecule has 0 saturated carbocycles. The normalized spacial score (nSPS) is 12.6. The average molecular weight is 290 g/mol. The number of nitrogens with zero attached hydrogens (tertiary/aromatic N) is 1. The van der Waals surface area contributed by atoms with E-state index in [9.17, 15) is 0 Å². The molecular weight excluding hydrogens is 260 g/mol. The van der Waals surface area contributed by atoms with E-state index in [1.807, 2.05) is 13.1 Å². The smallest absolute Gasteiger partial charge is 0.128 e. The second kappa shape index (κ2) is 7.60. The van der Waals surface area contributed by atoms with Crippen molar-refractivity contribution in [2.45, 2.75) is 59.9 Å². The molecule has 0 aliphatic heterocycles. The lowest BCUT2D eigenvalue weighted by molar-refractivity contribution is 0.407. The molecule has 0 aliphatic carbocycles. The minimum Gasteiger partial charge on any atom is -0.496 e. The highest BCUT2D eigenvalue weighted by Gasteiger charge is 2.10. The summed E-state index contributed by atoms with van der Waals surface area (Å²) in [4.78, 5) is 4.56. The van der Waals surface area contributed by atoms with Gasteiger partial charge < -0.3 is 10.1 Å². The molecule has 0 fully saturated rings. The van der Waals surface area contributed by atoms with Crippen molar-refractivity contribution in [2.75, 3.05) is 13.7 Å². The summed E-state index contributed by atoms with van der Waals surface area (Å²) < 4.78 is 5.46. The Bertz CT molecular complexity index is 499. The summed E-state index contributed by atoms with van der Waals surface area (Å²) >= 11 is 0. The molecule has 1 rings (SSSR count). The molecular formula is C18H30N2O. The average Bonchev–Trinajstić information content (AvgIpc) is 2.38. The van der Waals surface area contributed by atoms with Gasteiger partial charge in [0.25, 0.3) is 0 Å². The summed E-state index contributed by atoms with van der Waals surface area (Å²) in [5.41, 5.74) is 4.89. The van der Waals surface area contributed by atoms with Gasteiger partial charge in [0.2, 0.25) is 0 Å². The Morgan fingerprint density at radius 3 is 2.57 bits per heavy atom. The topological polar surface area (TPSA) is 34.1 Å². The minimum atomic E-state index is 0.185. The van der Waals surface area contributed by atoms with Gasteiger partial charge in [-0.2, -0.15) is 0 Å². The number of methoxy groups -OCH3 is 1. The number of aryl methyl sites for hydroxylation is 1. The molecule has 3 heteroatoms. The fourth-order valence-corrected chi connectivity index (χ4v) is 2.35. The van der Waals surface area contributed by atoms with E-state index >= 15 is 0 Å². The van der Waals surface area contributed by atoms with Crippen LogP contribution in [0.3, 0.4) is 0 Å². The molecule has 0 unspecified atom stereocenters. The van der Waals surface area contributed by atoms with Crippen LogP contribution in [0.4, 0.5) is 0 Å². The van der Waals surface area contributed by atoms with Crippen LogP contribution in [0.25, 0.3) is 0 Å². The van der Waals surface area contributed by atoms with Crippen molar-refractivity contribution in [3.8, 4) is 5.75 Å². The van der Waals surface area contributed by atoms with Crippen molar-refractivity contribution < 1.29 is 4.74 Å². The van der Waals surface area contributed by atoms with Gasteiger partial charge in [0.15, 0.2) is 0 Å². The van der Waals surface area contributed by atoms with Crippen LogP contribution in [-0.4, -0.2) is 24.2 Å². The second-order valence-electron chi connectivity index (χ2n) is 6.74. The van der Waals surface area contributed by atoms with E-state index in [1.165, 1.54) is 5.57 Å². The summed E-state index contributed by atoms with van der Waals surface area (Å²) in [6, 6.07) is 0. The van der Waals surface area contributed by atoms with Crippen LogP contribution in [0.1, 0.15) is 50.9 Å². The summed E-state index contributed by atoms with van der Waals surface area (Å²) in [5, 5.41) is 3.50. The Morgan fingerprint density at radius 1 is 1.33 bits per heavy atom. The SMILES string of the molecule is COc1c(C)cnc(CC(C)=CCCNC(C)(C)C)c1C. The Hall–Kier alpha value is -1.35. The summed E-state index contributed by atoms with van der Waals surface area (Å²) in [6.07, 6.45) is 6.13. The first-order chi connectivity index (χ1) is 9.74. The summed E-state index contributed by atoms with van der Waals surface area (Å²) in [5.74, 6) is 0.960. The van der Waals surface area contributed by atoms with E-state index in [0.717, 1.165) is 42.0 Å². The monoisotopic (exact) mass is 290 g/mol. The molecule has 3 nitrogen and oxygen atoms in total. The number of ether oxygens (including phenoxy) is 1.